The van der Waals surface area contributed by atoms with Gasteiger partial charge in [0.05, 0.1) is 17.7 Å². The number of aromatic nitrogens is 1. The number of fused-ring (bicyclic) bond motifs is 1. The van der Waals surface area contributed by atoms with E-state index in [1.54, 1.807) is 24.3 Å². The molecule has 0 bridgehead atoms. The highest BCUT2D eigenvalue weighted by Crippen LogP contribution is 2.26. The summed E-state index contributed by atoms with van der Waals surface area (Å²) in [6, 6.07) is 11.1. The molecule has 0 fully saturated rings. The maximum atomic E-state index is 12.7. The van der Waals surface area contributed by atoms with E-state index in [0.29, 0.717) is 37.2 Å². The number of hydrogen-bond acceptors (Lipinski definition) is 4. The van der Waals surface area contributed by atoms with Gasteiger partial charge in [-0.2, -0.15) is 0 Å². The number of methoxy groups -OCH3 is 1. The minimum Gasteiger partial charge on any atom is -0.383 e. The van der Waals surface area contributed by atoms with Crippen LogP contribution >= 0.6 is 0 Å². The van der Waals surface area contributed by atoms with Crippen molar-refractivity contribution in [1.29, 1.82) is 0 Å². The zero-order chi connectivity index (χ0) is 18.5. The molecule has 136 valence electrons. The Kier molecular flexibility index (Phi) is 5.63. The van der Waals surface area contributed by atoms with Crippen LogP contribution in [-0.4, -0.2) is 48.0 Å². The zero-order valence-corrected chi connectivity index (χ0v) is 15.1. The van der Waals surface area contributed by atoms with Crippen LogP contribution in [0.15, 0.2) is 42.6 Å². The molecular weight excluding hydrogens is 330 g/mol. The lowest BCUT2D eigenvalue weighted by Gasteiger charge is -2.16. The van der Waals surface area contributed by atoms with Crippen molar-refractivity contribution in [3.8, 4) is 0 Å². The molecule has 0 unspecified atom stereocenters. The monoisotopic (exact) mass is 353 g/mol. The molecule has 0 saturated carbocycles. The Morgan fingerprint density at radius 3 is 2.88 bits per heavy atom. The highest BCUT2D eigenvalue weighted by molar-refractivity contribution is 6.09. The average molecular weight is 353 g/mol. The van der Waals surface area contributed by atoms with Gasteiger partial charge in [-0.05, 0) is 30.7 Å². The standard InChI is InChI=1S/C20H23N3O3/c1-14(12-16-7-3-4-9-21-16)22-19(24)17-8-5-6-15-13-23(10-11-26-2)20(25)18(15)17/h3-9,14H,10-13H2,1-2H3,(H,22,24)/t14-/m0/s1. The number of hydrogen-bond donors (Lipinski definition) is 1. The second kappa shape index (κ2) is 8.10. The maximum absolute atomic E-state index is 12.7. The number of ether oxygens (including phenoxy) is 1. The molecule has 2 amide bonds. The molecule has 2 aromatic rings. The number of nitrogens with zero attached hydrogens (tertiary/aromatic N) is 2. The lowest BCUT2D eigenvalue weighted by Crippen LogP contribution is -2.35. The third-order valence-electron chi connectivity index (χ3n) is 4.44. The van der Waals surface area contributed by atoms with E-state index in [-0.39, 0.29) is 17.9 Å². The van der Waals surface area contributed by atoms with Crippen LogP contribution in [0.25, 0.3) is 0 Å². The molecule has 0 saturated heterocycles. The molecule has 6 heteroatoms. The zero-order valence-electron chi connectivity index (χ0n) is 15.1. The Hall–Kier alpha value is -2.73. The van der Waals surface area contributed by atoms with Crippen LogP contribution in [0.3, 0.4) is 0 Å². The van der Waals surface area contributed by atoms with Crippen molar-refractivity contribution in [2.75, 3.05) is 20.3 Å². The SMILES string of the molecule is COCCN1Cc2cccc(C(=O)N[C@@H](C)Cc3ccccn3)c2C1=O. The summed E-state index contributed by atoms with van der Waals surface area (Å²) in [4.78, 5) is 31.4. The first-order valence-corrected chi connectivity index (χ1v) is 8.71. The van der Waals surface area contributed by atoms with Crippen LogP contribution in [0.5, 0.6) is 0 Å². The van der Waals surface area contributed by atoms with Crippen molar-refractivity contribution in [2.24, 2.45) is 0 Å². The molecule has 1 N–H and O–H groups in total. The number of carbonyl (C=O) groups excluding carboxylic acids is 2. The third-order valence-corrected chi connectivity index (χ3v) is 4.44. The van der Waals surface area contributed by atoms with E-state index in [2.05, 4.69) is 10.3 Å². The molecule has 1 aromatic heterocycles. The molecule has 2 heterocycles. The average Bonchev–Trinajstić information content (AvgIpc) is 2.96. The topological polar surface area (TPSA) is 71.5 Å². The summed E-state index contributed by atoms with van der Waals surface area (Å²) < 4.78 is 5.06. The Bertz CT molecular complexity index is 792. The van der Waals surface area contributed by atoms with E-state index in [1.807, 2.05) is 37.3 Å². The third kappa shape index (κ3) is 3.91. The minimum atomic E-state index is -0.229. The van der Waals surface area contributed by atoms with Gasteiger partial charge < -0.3 is 15.0 Å². The number of rotatable bonds is 7. The van der Waals surface area contributed by atoms with Gasteiger partial charge in [-0.3, -0.25) is 14.6 Å². The first-order valence-electron chi connectivity index (χ1n) is 8.71. The largest absolute Gasteiger partial charge is 0.383 e. The summed E-state index contributed by atoms with van der Waals surface area (Å²) in [5.41, 5.74) is 2.74. The molecule has 0 radical (unpaired) electrons. The lowest BCUT2D eigenvalue weighted by molar-refractivity contribution is 0.0715. The van der Waals surface area contributed by atoms with Gasteiger partial charge in [0, 0.05) is 44.6 Å². The van der Waals surface area contributed by atoms with Gasteiger partial charge in [0.2, 0.25) is 0 Å². The predicted molar refractivity (Wildman–Crippen MR) is 97.9 cm³/mol. The van der Waals surface area contributed by atoms with E-state index >= 15 is 0 Å². The van der Waals surface area contributed by atoms with Crippen LogP contribution in [-0.2, 0) is 17.7 Å². The van der Waals surface area contributed by atoms with Gasteiger partial charge in [-0.25, -0.2) is 0 Å². The van der Waals surface area contributed by atoms with Crippen molar-refractivity contribution in [2.45, 2.75) is 25.9 Å². The second-order valence-electron chi connectivity index (χ2n) is 6.46. The summed E-state index contributed by atoms with van der Waals surface area (Å²) in [7, 11) is 1.61. The van der Waals surface area contributed by atoms with Crippen molar-refractivity contribution >= 4 is 11.8 Å². The summed E-state index contributed by atoms with van der Waals surface area (Å²) in [6.07, 6.45) is 2.37. The molecule has 0 spiro atoms. The van der Waals surface area contributed by atoms with E-state index in [1.165, 1.54) is 0 Å². The van der Waals surface area contributed by atoms with Gasteiger partial charge >= 0.3 is 0 Å². The Morgan fingerprint density at radius 1 is 1.31 bits per heavy atom. The minimum absolute atomic E-state index is 0.0886. The van der Waals surface area contributed by atoms with Crippen molar-refractivity contribution in [3.05, 3.63) is 65.0 Å². The molecular formula is C20H23N3O3. The maximum Gasteiger partial charge on any atom is 0.255 e. The first-order chi connectivity index (χ1) is 12.6. The van der Waals surface area contributed by atoms with E-state index in [4.69, 9.17) is 4.74 Å². The fourth-order valence-corrected chi connectivity index (χ4v) is 3.18. The highest BCUT2D eigenvalue weighted by atomic mass is 16.5. The quantitative estimate of drug-likeness (QED) is 0.827. The molecule has 0 aliphatic carbocycles. The van der Waals surface area contributed by atoms with E-state index in [0.717, 1.165) is 11.3 Å². The van der Waals surface area contributed by atoms with Crippen LogP contribution < -0.4 is 5.32 Å². The highest BCUT2D eigenvalue weighted by Gasteiger charge is 2.31. The normalized spacial score (nSPS) is 14.2. The van der Waals surface area contributed by atoms with E-state index in [9.17, 15) is 9.59 Å². The van der Waals surface area contributed by atoms with Gasteiger partial charge in [-0.1, -0.05) is 18.2 Å². The first kappa shape index (κ1) is 18.1. The molecule has 6 nitrogen and oxygen atoms in total. The smallest absolute Gasteiger partial charge is 0.255 e. The van der Waals surface area contributed by atoms with Gasteiger partial charge in [0.25, 0.3) is 11.8 Å². The summed E-state index contributed by atoms with van der Waals surface area (Å²) >= 11 is 0. The molecule has 1 aromatic carbocycles. The summed E-state index contributed by atoms with van der Waals surface area (Å²) in [6.45, 7) is 3.44. The van der Waals surface area contributed by atoms with Crippen LogP contribution in [0, 0.1) is 0 Å². The lowest BCUT2D eigenvalue weighted by atomic mass is 10.0. The van der Waals surface area contributed by atoms with Crippen LogP contribution in [0.2, 0.25) is 0 Å². The van der Waals surface area contributed by atoms with Crippen molar-refractivity contribution in [3.63, 3.8) is 0 Å². The second-order valence-corrected chi connectivity index (χ2v) is 6.46. The Morgan fingerprint density at radius 2 is 2.15 bits per heavy atom. The van der Waals surface area contributed by atoms with Crippen LogP contribution in [0.1, 0.15) is 38.9 Å². The Labute approximate surface area is 153 Å². The summed E-state index contributed by atoms with van der Waals surface area (Å²) in [5.74, 6) is -0.340. The molecule has 3 rings (SSSR count). The fourth-order valence-electron chi connectivity index (χ4n) is 3.18. The number of benzene rings is 1. The molecule has 1 atom stereocenters. The predicted octanol–water partition coefficient (Wildman–Crippen LogP) is 2.04. The fraction of sp³-hybridized carbons (Fsp3) is 0.350. The number of amides is 2. The van der Waals surface area contributed by atoms with E-state index < -0.39 is 0 Å². The number of carbonyl (C=O) groups is 2. The number of nitrogens with one attached hydrogen (secondary N) is 1. The number of pyridine rings is 1. The van der Waals surface area contributed by atoms with Gasteiger partial charge in [-0.15, -0.1) is 0 Å². The molecule has 1 aliphatic rings. The molecule has 1 aliphatic heterocycles. The van der Waals surface area contributed by atoms with Gasteiger partial charge in [0.1, 0.15) is 0 Å². The Balaban J connectivity index is 1.72. The van der Waals surface area contributed by atoms with Crippen LogP contribution in [0.4, 0.5) is 0 Å². The molecule has 26 heavy (non-hydrogen) atoms. The van der Waals surface area contributed by atoms with Crippen molar-refractivity contribution < 1.29 is 14.3 Å². The summed E-state index contributed by atoms with van der Waals surface area (Å²) in [5, 5.41) is 2.98. The van der Waals surface area contributed by atoms with Gasteiger partial charge in [0.15, 0.2) is 0 Å². The van der Waals surface area contributed by atoms with Crippen molar-refractivity contribution in [1.82, 2.24) is 15.2 Å².